The van der Waals surface area contributed by atoms with Crippen LogP contribution in [-0.2, 0) is 27.4 Å². The van der Waals surface area contributed by atoms with E-state index in [-0.39, 0.29) is 41.3 Å². The molecule has 0 radical (unpaired) electrons. The van der Waals surface area contributed by atoms with E-state index in [1.54, 1.807) is 12.0 Å². The highest BCUT2D eigenvalue weighted by Crippen LogP contribution is 2.45. The number of hydrogen-bond acceptors (Lipinski definition) is 9. The van der Waals surface area contributed by atoms with Gasteiger partial charge in [0.2, 0.25) is 0 Å². The molecule has 12 heteroatoms. The van der Waals surface area contributed by atoms with Crippen molar-refractivity contribution in [3.05, 3.63) is 21.4 Å². The standard InChI is InChI=1S/C30H39BrFN5O5/c1-29(2,3)42-28(38)35-11-17-6-7-18(12-35)37(17)26-22-20-14-40-15-21(20)23(31)24(32)25(22)33-27(34-26)41-16-30-8-5-9-36(30)13-19(10-30)39-4/h17-19H,5-16H2,1-4H3. The van der Waals surface area contributed by atoms with E-state index < -0.39 is 11.4 Å². The summed E-state index contributed by atoms with van der Waals surface area (Å²) in [5, 5.41) is 0.680. The van der Waals surface area contributed by atoms with Crippen molar-refractivity contribution in [1.29, 1.82) is 0 Å². The second-order valence-corrected chi connectivity index (χ2v) is 14.2. The Bertz CT molecular complexity index is 1410. The first-order chi connectivity index (χ1) is 20.1. The van der Waals surface area contributed by atoms with Crippen molar-refractivity contribution in [3.8, 4) is 6.01 Å². The SMILES string of the molecule is COC1CN2CCCC2(COc2nc(N3C4CCC3CN(C(=O)OC(C)(C)C)C4)c3c4c(c(Br)c(F)c3n2)COC4)C1. The van der Waals surface area contributed by atoms with Crippen LogP contribution in [-0.4, -0.2) is 95.1 Å². The van der Waals surface area contributed by atoms with Crippen molar-refractivity contribution in [1.82, 2.24) is 19.8 Å². The van der Waals surface area contributed by atoms with Gasteiger partial charge >= 0.3 is 12.1 Å². The van der Waals surface area contributed by atoms with E-state index in [1.165, 1.54) is 0 Å². The Morgan fingerprint density at radius 2 is 1.88 bits per heavy atom. The van der Waals surface area contributed by atoms with Crippen molar-refractivity contribution >= 4 is 38.7 Å². The number of hydrogen-bond donors (Lipinski definition) is 0. The number of amides is 1. The lowest BCUT2D eigenvalue weighted by molar-refractivity contribution is 0.0209. The molecule has 4 saturated heterocycles. The lowest BCUT2D eigenvalue weighted by Crippen LogP contribution is -2.56. The molecule has 2 aromatic rings. The topological polar surface area (TPSA) is 89.5 Å². The van der Waals surface area contributed by atoms with Crippen molar-refractivity contribution in [2.75, 3.05) is 44.8 Å². The molecule has 4 unspecified atom stereocenters. The minimum atomic E-state index is -0.565. The van der Waals surface area contributed by atoms with Crippen molar-refractivity contribution in [2.45, 2.75) is 95.4 Å². The number of carbonyl (C=O) groups is 1. The van der Waals surface area contributed by atoms with Gasteiger partial charge in [0.1, 0.15) is 23.5 Å². The van der Waals surface area contributed by atoms with Crippen LogP contribution in [0.2, 0.25) is 0 Å². The minimum absolute atomic E-state index is 0.0214. The summed E-state index contributed by atoms with van der Waals surface area (Å²) in [5.41, 5.74) is 1.26. The molecule has 5 aliphatic rings. The number of aromatic nitrogens is 2. The largest absolute Gasteiger partial charge is 0.461 e. The monoisotopic (exact) mass is 647 g/mol. The van der Waals surface area contributed by atoms with Crippen molar-refractivity contribution in [2.24, 2.45) is 0 Å². The molecule has 6 heterocycles. The fourth-order valence-electron chi connectivity index (χ4n) is 7.75. The number of methoxy groups -OCH3 is 1. The smallest absolute Gasteiger partial charge is 0.410 e. The van der Waals surface area contributed by atoms with Crippen LogP contribution in [0.3, 0.4) is 0 Å². The van der Waals surface area contributed by atoms with Crippen LogP contribution < -0.4 is 9.64 Å². The summed E-state index contributed by atoms with van der Waals surface area (Å²) in [4.78, 5) is 29.2. The molecule has 5 aliphatic heterocycles. The van der Waals surface area contributed by atoms with Crippen molar-refractivity contribution < 1.29 is 28.1 Å². The number of halogens is 2. The van der Waals surface area contributed by atoms with Gasteiger partial charge < -0.3 is 28.7 Å². The molecule has 2 bridgehead atoms. The molecule has 228 valence electrons. The molecule has 0 spiro atoms. The van der Waals surface area contributed by atoms with E-state index >= 15 is 4.39 Å². The van der Waals surface area contributed by atoms with Gasteiger partial charge in [-0.3, -0.25) is 4.90 Å². The average molecular weight is 649 g/mol. The number of carbonyl (C=O) groups excluding carboxylic acids is 1. The second kappa shape index (κ2) is 10.4. The summed E-state index contributed by atoms with van der Waals surface area (Å²) in [6.07, 6.45) is 4.71. The zero-order chi connectivity index (χ0) is 29.4. The van der Waals surface area contributed by atoms with E-state index in [9.17, 15) is 4.79 Å². The Labute approximate surface area is 253 Å². The second-order valence-electron chi connectivity index (χ2n) is 13.4. The minimum Gasteiger partial charge on any atom is -0.461 e. The first kappa shape index (κ1) is 28.5. The lowest BCUT2D eigenvalue weighted by atomic mass is 9.94. The molecule has 4 fully saturated rings. The van der Waals surface area contributed by atoms with Gasteiger partial charge in [-0.05, 0) is 80.9 Å². The molecule has 1 aromatic heterocycles. The highest BCUT2D eigenvalue weighted by Gasteiger charge is 2.50. The van der Waals surface area contributed by atoms with Crippen molar-refractivity contribution in [3.63, 3.8) is 0 Å². The van der Waals surface area contributed by atoms with E-state index in [4.69, 9.17) is 23.9 Å². The highest BCUT2D eigenvalue weighted by atomic mass is 79.9. The first-order valence-corrected chi connectivity index (χ1v) is 15.8. The average Bonchev–Trinajstić information content (AvgIpc) is 3.70. The van der Waals surface area contributed by atoms with Gasteiger partial charge in [-0.1, -0.05) is 0 Å². The van der Waals surface area contributed by atoms with Gasteiger partial charge in [0.25, 0.3) is 0 Å². The van der Waals surface area contributed by atoms with Gasteiger partial charge in [0.05, 0.1) is 34.7 Å². The van der Waals surface area contributed by atoms with Crippen LogP contribution in [0.25, 0.3) is 10.9 Å². The molecule has 0 saturated carbocycles. The molecule has 1 amide bonds. The normalized spacial score (nSPS) is 29.0. The summed E-state index contributed by atoms with van der Waals surface area (Å²) in [5.74, 6) is 0.241. The zero-order valence-corrected chi connectivity index (χ0v) is 26.3. The molecule has 42 heavy (non-hydrogen) atoms. The zero-order valence-electron chi connectivity index (χ0n) is 24.8. The Balaban J connectivity index is 1.26. The van der Waals surface area contributed by atoms with E-state index in [1.807, 2.05) is 20.8 Å². The molecular weight excluding hydrogens is 609 g/mol. The van der Waals surface area contributed by atoms with Gasteiger partial charge in [-0.15, -0.1) is 0 Å². The molecule has 4 atom stereocenters. The van der Waals surface area contributed by atoms with Crippen LogP contribution in [0.4, 0.5) is 15.0 Å². The fraction of sp³-hybridized carbons (Fsp3) is 0.700. The van der Waals surface area contributed by atoms with Crippen LogP contribution in [0.1, 0.15) is 64.0 Å². The maximum absolute atomic E-state index is 16.0. The number of anilines is 1. The summed E-state index contributed by atoms with van der Waals surface area (Å²) >= 11 is 3.48. The van der Waals surface area contributed by atoms with E-state index in [2.05, 4.69) is 30.7 Å². The molecule has 10 nitrogen and oxygen atoms in total. The van der Waals surface area contributed by atoms with Gasteiger partial charge in [-0.2, -0.15) is 9.97 Å². The Hall–Kier alpha value is -2.28. The van der Waals surface area contributed by atoms with E-state index in [0.29, 0.717) is 48.6 Å². The lowest BCUT2D eigenvalue weighted by Gasteiger charge is -2.42. The Morgan fingerprint density at radius 1 is 1.14 bits per heavy atom. The first-order valence-electron chi connectivity index (χ1n) is 15.0. The summed E-state index contributed by atoms with van der Waals surface area (Å²) in [6, 6.07) is 0.222. The van der Waals surface area contributed by atoms with E-state index in [0.717, 1.165) is 56.3 Å². The van der Waals surface area contributed by atoms with Crippen LogP contribution in [0.15, 0.2) is 4.47 Å². The number of nitrogens with zero attached hydrogens (tertiary/aromatic N) is 5. The number of piperazine rings is 1. The Morgan fingerprint density at radius 3 is 2.60 bits per heavy atom. The number of rotatable bonds is 5. The predicted octanol–water partition coefficient (Wildman–Crippen LogP) is 4.78. The molecular formula is C30H39BrFN5O5. The molecule has 7 rings (SSSR count). The quantitative estimate of drug-likeness (QED) is 0.455. The number of fused-ring (bicyclic) bond motifs is 6. The highest BCUT2D eigenvalue weighted by molar-refractivity contribution is 9.10. The summed E-state index contributed by atoms with van der Waals surface area (Å²) in [7, 11) is 1.76. The summed E-state index contributed by atoms with van der Waals surface area (Å²) < 4.78 is 40.0. The maximum Gasteiger partial charge on any atom is 0.410 e. The molecule has 0 aliphatic carbocycles. The summed E-state index contributed by atoms with van der Waals surface area (Å²) in [6.45, 7) is 9.70. The number of benzene rings is 1. The fourth-order valence-corrected chi connectivity index (χ4v) is 8.29. The predicted molar refractivity (Wildman–Crippen MR) is 157 cm³/mol. The maximum atomic E-state index is 16.0. The molecule has 0 N–H and O–H groups in total. The third-order valence-corrected chi connectivity index (χ3v) is 10.5. The van der Waals surface area contributed by atoms with Crippen LogP contribution in [0, 0.1) is 5.82 Å². The van der Waals surface area contributed by atoms with Gasteiger partial charge in [0, 0.05) is 44.4 Å². The number of ether oxygens (including phenoxy) is 4. The number of likely N-dealkylation sites (tertiary alicyclic amines) is 1. The van der Waals surface area contributed by atoms with Gasteiger partial charge in [-0.25, -0.2) is 9.18 Å². The van der Waals surface area contributed by atoms with Gasteiger partial charge in [0.15, 0.2) is 5.82 Å². The van der Waals surface area contributed by atoms with Crippen LogP contribution >= 0.6 is 15.9 Å². The third kappa shape index (κ3) is 4.73. The molecule has 1 aromatic carbocycles. The third-order valence-electron chi connectivity index (χ3n) is 9.65. The van der Waals surface area contributed by atoms with Crippen LogP contribution in [0.5, 0.6) is 6.01 Å². The Kier molecular flexibility index (Phi) is 7.07.